The van der Waals surface area contributed by atoms with Crippen LogP contribution in [0.1, 0.15) is 39.5 Å². The van der Waals surface area contributed by atoms with Crippen LogP contribution in [0.2, 0.25) is 0 Å². The second kappa shape index (κ2) is 8.61. The van der Waals surface area contributed by atoms with E-state index in [2.05, 4.69) is 13.5 Å². The molecule has 0 heterocycles. The van der Waals surface area contributed by atoms with Gasteiger partial charge in [0.05, 0.1) is 7.11 Å². The van der Waals surface area contributed by atoms with Gasteiger partial charge in [0.15, 0.2) is 0 Å². The Balaban J connectivity index is 3.81. The van der Waals surface area contributed by atoms with Gasteiger partial charge in [-0.2, -0.15) is 0 Å². The molecule has 14 heavy (non-hydrogen) atoms. The van der Waals surface area contributed by atoms with Gasteiger partial charge in [0.1, 0.15) is 5.76 Å². The average molecular weight is 194 g/mol. The van der Waals surface area contributed by atoms with Crippen LogP contribution in [0.3, 0.4) is 0 Å². The van der Waals surface area contributed by atoms with Crippen molar-refractivity contribution in [3.63, 3.8) is 0 Å². The van der Waals surface area contributed by atoms with E-state index in [1.165, 1.54) is 24.8 Å². The second-order valence-electron chi connectivity index (χ2n) is 3.34. The van der Waals surface area contributed by atoms with Gasteiger partial charge in [-0.1, -0.05) is 38.0 Å². The van der Waals surface area contributed by atoms with Crippen LogP contribution in [0, 0.1) is 0 Å². The summed E-state index contributed by atoms with van der Waals surface area (Å²) in [6.07, 6.45) is 10.8. The van der Waals surface area contributed by atoms with Crippen LogP contribution in [-0.4, -0.2) is 7.11 Å². The summed E-state index contributed by atoms with van der Waals surface area (Å²) >= 11 is 0. The standard InChI is InChI=1S/C13H22O/c1-5-7-8-9-12(3)10-11-13(6-2)14-4/h6,10-11H,3,5,7-9H2,1-2,4H3/b11-10-,13-6+. The van der Waals surface area contributed by atoms with Crippen LogP contribution >= 0.6 is 0 Å². The lowest BCUT2D eigenvalue weighted by Gasteiger charge is -2.00. The molecule has 1 heteroatoms. The van der Waals surface area contributed by atoms with Crippen molar-refractivity contribution in [2.24, 2.45) is 0 Å². The fourth-order valence-corrected chi connectivity index (χ4v) is 1.17. The maximum atomic E-state index is 5.11. The van der Waals surface area contributed by atoms with E-state index in [1.807, 2.05) is 25.2 Å². The molecule has 0 spiro atoms. The maximum Gasteiger partial charge on any atom is 0.114 e. The van der Waals surface area contributed by atoms with Gasteiger partial charge < -0.3 is 4.74 Å². The smallest absolute Gasteiger partial charge is 0.114 e. The van der Waals surface area contributed by atoms with Crippen LogP contribution in [-0.2, 0) is 4.74 Å². The topological polar surface area (TPSA) is 9.23 Å². The first kappa shape index (κ1) is 13.0. The molecule has 0 aliphatic carbocycles. The van der Waals surface area contributed by atoms with Crippen molar-refractivity contribution < 1.29 is 4.74 Å². The summed E-state index contributed by atoms with van der Waals surface area (Å²) in [7, 11) is 1.68. The summed E-state index contributed by atoms with van der Waals surface area (Å²) in [5.74, 6) is 0.890. The molecule has 0 aliphatic rings. The van der Waals surface area contributed by atoms with E-state index in [9.17, 15) is 0 Å². The summed E-state index contributed by atoms with van der Waals surface area (Å²) < 4.78 is 5.11. The van der Waals surface area contributed by atoms with Crippen molar-refractivity contribution in [1.82, 2.24) is 0 Å². The van der Waals surface area contributed by atoms with Crippen molar-refractivity contribution >= 4 is 0 Å². The number of allylic oxidation sites excluding steroid dienone is 4. The predicted octanol–water partition coefficient (Wildman–Crippen LogP) is 4.23. The van der Waals surface area contributed by atoms with Crippen LogP contribution in [0.25, 0.3) is 0 Å². The molecular formula is C13H22O. The zero-order valence-corrected chi connectivity index (χ0v) is 9.68. The Kier molecular flexibility index (Phi) is 8.01. The van der Waals surface area contributed by atoms with Gasteiger partial charge in [0.2, 0.25) is 0 Å². The number of unbranched alkanes of at least 4 members (excludes halogenated alkanes) is 2. The predicted molar refractivity (Wildman–Crippen MR) is 63.2 cm³/mol. The zero-order valence-electron chi connectivity index (χ0n) is 9.68. The molecule has 0 unspecified atom stereocenters. The highest BCUT2D eigenvalue weighted by Gasteiger charge is 1.91. The van der Waals surface area contributed by atoms with Gasteiger partial charge in [-0.25, -0.2) is 0 Å². The highest BCUT2D eigenvalue weighted by molar-refractivity contribution is 5.22. The Morgan fingerprint density at radius 2 is 2.00 bits per heavy atom. The van der Waals surface area contributed by atoms with Crippen molar-refractivity contribution in [2.45, 2.75) is 39.5 Å². The lowest BCUT2D eigenvalue weighted by molar-refractivity contribution is 0.306. The second-order valence-corrected chi connectivity index (χ2v) is 3.34. The van der Waals surface area contributed by atoms with Gasteiger partial charge in [-0.3, -0.25) is 0 Å². The third kappa shape index (κ3) is 6.53. The van der Waals surface area contributed by atoms with Crippen molar-refractivity contribution in [1.29, 1.82) is 0 Å². The molecule has 0 radical (unpaired) electrons. The minimum absolute atomic E-state index is 0.890. The molecular weight excluding hydrogens is 172 g/mol. The Hall–Kier alpha value is -0.980. The number of rotatable bonds is 7. The largest absolute Gasteiger partial charge is 0.497 e. The molecule has 1 nitrogen and oxygen atoms in total. The quantitative estimate of drug-likeness (QED) is 0.335. The number of hydrogen-bond donors (Lipinski definition) is 0. The molecule has 0 amide bonds. The van der Waals surface area contributed by atoms with Crippen LogP contribution in [0.15, 0.2) is 36.1 Å². The van der Waals surface area contributed by atoms with E-state index in [1.54, 1.807) is 7.11 Å². The number of hydrogen-bond acceptors (Lipinski definition) is 1. The van der Waals surface area contributed by atoms with E-state index in [0.29, 0.717) is 0 Å². The summed E-state index contributed by atoms with van der Waals surface area (Å²) in [6.45, 7) is 8.17. The summed E-state index contributed by atoms with van der Waals surface area (Å²) in [5.41, 5.74) is 1.18. The lowest BCUT2D eigenvalue weighted by Crippen LogP contribution is -1.82. The molecule has 0 N–H and O–H groups in total. The first-order chi connectivity index (χ1) is 6.74. The SMILES string of the molecule is C=C(/C=C\C(=C/C)OC)CCCCC. The van der Waals surface area contributed by atoms with E-state index in [4.69, 9.17) is 4.74 Å². The van der Waals surface area contributed by atoms with Crippen molar-refractivity contribution in [3.8, 4) is 0 Å². The van der Waals surface area contributed by atoms with Gasteiger partial charge >= 0.3 is 0 Å². The molecule has 0 rings (SSSR count). The third-order valence-electron chi connectivity index (χ3n) is 2.10. The third-order valence-corrected chi connectivity index (χ3v) is 2.10. The first-order valence-electron chi connectivity index (χ1n) is 5.30. The number of methoxy groups -OCH3 is 1. The minimum Gasteiger partial charge on any atom is -0.497 e. The minimum atomic E-state index is 0.890. The Labute approximate surface area is 88.2 Å². The van der Waals surface area contributed by atoms with E-state index in [-0.39, 0.29) is 0 Å². The van der Waals surface area contributed by atoms with E-state index in [0.717, 1.165) is 12.2 Å². The molecule has 0 aromatic heterocycles. The Morgan fingerprint density at radius 1 is 1.29 bits per heavy atom. The van der Waals surface area contributed by atoms with Crippen LogP contribution in [0.5, 0.6) is 0 Å². The van der Waals surface area contributed by atoms with Gasteiger partial charge in [-0.05, 0) is 31.9 Å². The van der Waals surface area contributed by atoms with Gasteiger partial charge in [-0.15, -0.1) is 0 Å². The van der Waals surface area contributed by atoms with Crippen LogP contribution in [0.4, 0.5) is 0 Å². The van der Waals surface area contributed by atoms with Crippen molar-refractivity contribution in [2.75, 3.05) is 7.11 Å². The van der Waals surface area contributed by atoms with Crippen molar-refractivity contribution in [3.05, 3.63) is 36.1 Å². The van der Waals surface area contributed by atoms with Gasteiger partial charge in [0.25, 0.3) is 0 Å². The Bertz CT molecular complexity index is 211. The zero-order chi connectivity index (χ0) is 10.8. The fraction of sp³-hybridized carbons (Fsp3) is 0.538. The summed E-state index contributed by atoms with van der Waals surface area (Å²) in [6, 6.07) is 0. The molecule has 0 aromatic rings. The summed E-state index contributed by atoms with van der Waals surface area (Å²) in [5, 5.41) is 0. The average Bonchev–Trinajstić information content (AvgIpc) is 2.20. The Morgan fingerprint density at radius 3 is 2.50 bits per heavy atom. The molecule has 0 aromatic carbocycles. The highest BCUT2D eigenvalue weighted by Crippen LogP contribution is 2.09. The fourth-order valence-electron chi connectivity index (χ4n) is 1.17. The monoisotopic (exact) mass is 194 g/mol. The highest BCUT2D eigenvalue weighted by atomic mass is 16.5. The normalized spacial score (nSPS) is 12.1. The van der Waals surface area contributed by atoms with E-state index < -0.39 is 0 Å². The molecule has 0 aliphatic heterocycles. The van der Waals surface area contributed by atoms with Gasteiger partial charge in [0, 0.05) is 0 Å². The number of ether oxygens (including phenoxy) is 1. The molecule has 80 valence electrons. The maximum absolute atomic E-state index is 5.11. The molecule has 0 saturated carbocycles. The molecule has 0 atom stereocenters. The van der Waals surface area contributed by atoms with E-state index >= 15 is 0 Å². The summed E-state index contributed by atoms with van der Waals surface area (Å²) in [4.78, 5) is 0. The molecule has 0 fully saturated rings. The molecule has 0 saturated heterocycles. The van der Waals surface area contributed by atoms with Crippen LogP contribution < -0.4 is 0 Å². The molecule has 0 bridgehead atoms. The lowest BCUT2D eigenvalue weighted by atomic mass is 10.1. The first-order valence-corrected chi connectivity index (χ1v) is 5.30.